The van der Waals surface area contributed by atoms with Crippen LogP contribution in [0.25, 0.3) is 0 Å². The highest BCUT2D eigenvalue weighted by Crippen LogP contribution is 2.24. The number of rotatable bonds is 3. The van der Waals surface area contributed by atoms with Gasteiger partial charge in [-0.3, -0.25) is 0 Å². The van der Waals surface area contributed by atoms with E-state index in [0.717, 1.165) is 6.20 Å². The molecule has 0 aliphatic carbocycles. The van der Waals surface area contributed by atoms with Gasteiger partial charge in [-0.15, -0.1) is 0 Å². The Bertz CT molecular complexity index is 691. The molecular formula is C14H13ClN2O6. The third-order valence-electron chi connectivity index (χ3n) is 2.76. The van der Waals surface area contributed by atoms with Gasteiger partial charge >= 0.3 is 17.9 Å². The van der Waals surface area contributed by atoms with Crippen LogP contribution in [-0.4, -0.2) is 35.8 Å². The summed E-state index contributed by atoms with van der Waals surface area (Å²) in [7, 11) is 1.21. The molecule has 1 aliphatic heterocycles. The maximum Gasteiger partial charge on any atom is 0.350 e. The van der Waals surface area contributed by atoms with E-state index < -0.39 is 23.7 Å². The van der Waals surface area contributed by atoms with Crippen LogP contribution < -0.4 is 5.32 Å². The number of halogens is 1. The summed E-state index contributed by atoms with van der Waals surface area (Å²) in [6.07, 6.45) is 2.33. The number of ether oxygens (including phenoxy) is 3. The van der Waals surface area contributed by atoms with Crippen molar-refractivity contribution in [3.05, 3.63) is 34.8 Å². The van der Waals surface area contributed by atoms with Crippen LogP contribution in [0.2, 0.25) is 5.15 Å². The zero-order chi connectivity index (χ0) is 17.2. The summed E-state index contributed by atoms with van der Waals surface area (Å²) < 4.78 is 14.5. The van der Waals surface area contributed by atoms with E-state index in [9.17, 15) is 14.4 Å². The zero-order valence-corrected chi connectivity index (χ0v) is 13.3. The lowest BCUT2D eigenvalue weighted by atomic mass is 10.2. The monoisotopic (exact) mass is 340 g/mol. The van der Waals surface area contributed by atoms with Crippen LogP contribution in [0, 0.1) is 0 Å². The predicted octanol–water partition coefficient (Wildman–Crippen LogP) is 1.65. The Balaban J connectivity index is 2.28. The number of carbonyl (C=O) groups is 3. The van der Waals surface area contributed by atoms with E-state index in [1.165, 1.54) is 33.2 Å². The van der Waals surface area contributed by atoms with Gasteiger partial charge in [0.15, 0.2) is 5.57 Å². The highest BCUT2D eigenvalue weighted by atomic mass is 35.5. The molecule has 1 aromatic heterocycles. The van der Waals surface area contributed by atoms with E-state index in [2.05, 4.69) is 15.0 Å². The van der Waals surface area contributed by atoms with Crippen LogP contribution in [0.5, 0.6) is 0 Å². The summed E-state index contributed by atoms with van der Waals surface area (Å²) in [5, 5.41) is 2.71. The average molecular weight is 341 g/mol. The van der Waals surface area contributed by atoms with E-state index in [-0.39, 0.29) is 22.0 Å². The molecule has 0 unspecified atom stereocenters. The molecular weight excluding hydrogens is 328 g/mol. The van der Waals surface area contributed by atoms with Crippen LogP contribution in [0.1, 0.15) is 24.2 Å². The van der Waals surface area contributed by atoms with Gasteiger partial charge in [-0.05, 0) is 6.07 Å². The first-order valence-electron chi connectivity index (χ1n) is 6.41. The second kappa shape index (κ2) is 6.25. The SMILES string of the molecule is COC(=O)c1cc(Cl)ncc1NC=C1C(=O)OC(C)(C)OC1=O. The smallest absolute Gasteiger partial charge is 0.350 e. The first kappa shape index (κ1) is 16.8. The fourth-order valence-electron chi connectivity index (χ4n) is 1.75. The van der Waals surface area contributed by atoms with Gasteiger partial charge in [0.2, 0.25) is 0 Å². The third-order valence-corrected chi connectivity index (χ3v) is 2.97. The van der Waals surface area contributed by atoms with Crippen molar-refractivity contribution in [3.8, 4) is 0 Å². The molecule has 1 saturated heterocycles. The molecule has 0 amide bonds. The van der Waals surface area contributed by atoms with Crippen molar-refractivity contribution in [1.82, 2.24) is 4.98 Å². The highest BCUT2D eigenvalue weighted by molar-refractivity contribution is 6.29. The van der Waals surface area contributed by atoms with E-state index in [4.69, 9.17) is 21.1 Å². The minimum Gasteiger partial charge on any atom is -0.465 e. The fourth-order valence-corrected chi connectivity index (χ4v) is 1.91. The van der Waals surface area contributed by atoms with Crippen molar-refractivity contribution in [3.63, 3.8) is 0 Å². The molecule has 0 saturated carbocycles. The quantitative estimate of drug-likeness (QED) is 0.383. The van der Waals surface area contributed by atoms with Gasteiger partial charge in [-0.25, -0.2) is 19.4 Å². The lowest BCUT2D eigenvalue weighted by Crippen LogP contribution is -2.42. The van der Waals surface area contributed by atoms with E-state index in [1.807, 2.05) is 0 Å². The Morgan fingerprint density at radius 1 is 1.35 bits per heavy atom. The summed E-state index contributed by atoms with van der Waals surface area (Å²) in [5.74, 6) is -3.68. The van der Waals surface area contributed by atoms with Gasteiger partial charge in [-0.1, -0.05) is 11.6 Å². The molecule has 9 heteroatoms. The first-order valence-corrected chi connectivity index (χ1v) is 6.78. The predicted molar refractivity (Wildman–Crippen MR) is 78.6 cm³/mol. The van der Waals surface area contributed by atoms with Crippen molar-refractivity contribution in [1.29, 1.82) is 0 Å². The molecule has 1 aliphatic rings. The number of hydrogen-bond acceptors (Lipinski definition) is 8. The molecule has 8 nitrogen and oxygen atoms in total. The summed E-state index contributed by atoms with van der Waals surface area (Å²) in [4.78, 5) is 39.1. The number of nitrogens with zero attached hydrogens (tertiary/aromatic N) is 1. The molecule has 0 bridgehead atoms. The number of anilines is 1. The Kier molecular flexibility index (Phi) is 4.55. The number of pyridine rings is 1. The van der Waals surface area contributed by atoms with Crippen molar-refractivity contribution in [2.75, 3.05) is 12.4 Å². The number of cyclic esters (lactones) is 2. The fraction of sp³-hybridized carbons (Fsp3) is 0.286. The number of nitrogens with one attached hydrogen (secondary N) is 1. The third kappa shape index (κ3) is 3.78. The highest BCUT2D eigenvalue weighted by Gasteiger charge is 2.39. The van der Waals surface area contributed by atoms with Crippen molar-refractivity contribution in [2.24, 2.45) is 0 Å². The largest absolute Gasteiger partial charge is 0.465 e. The topological polar surface area (TPSA) is 104 Å². The molecule has 0 spiro atoms. The molecule has 1 fully saturated rings. The lowest BCUT2D eigenvalue weighted by Gasteiger charge is -2.29. The van der Waals surface area contributed by atoms with Gasteiger partial charge < -0.3 is 19.5 Å². The van der Waals surface area contributed by atoms with Gasteiger partial charge in [0, 0.05) is 20.0 Å². The minimum absolute atomic E-state index is 0.0850. The lowest BCUT2D eigenvalue weighted by molar-refractivity contribution is -0.222. The molecule has 0 atom stereocenters. The van der Waals surface area contributed by atoms with E-state index in [1.54, 1.807) is 0 Å². The van der Waals surface area contributed by atoms with Gasteiger partial charge in [0.25, 0.3) is 5.79 Å². The van der Waals surface area contributed by atoms with Crippen LogP contribution in [0.3, 0.4) is 0 Å². The van der Waals surface area contributed by atoms with Gasteiger partial charge in [-0.2, -0.15) is 0 Å². The summed E-state index contributed by atoms with van der Waals surface area (Å²) >= 11 is 5.73. The summed E-state index contributed by atoms with van der Waals surface area (Å²) in [6.45, 7) is 2.87. The molecule has 0 radical (unpaired) electrons. The Hall–Kier alpha value is -2.61. The molecule has 1 aromatic rings. The van der Waals surface area contributed by atoms with E-state index in [0.29, 0.717) is 0 Å². The number of esters is 3. The molecule has 1 N–H and O–H groups in total. The number of methoxy groups -OCH3 is 1. The van der Waals surface area contributed by atoms with Gasteiger partial charge in [0.1, 0.15) is 5.15 Å². The number of hydrogen-bond donors (Lipinski definition) is 1. The standard InChI is InChI=1S/C14H13ClN2O6/c1-14(2)22-12(19)8(13(20)23-14)5-16-9-6-17-10(15)4-7(9)11(18)21-3/h4-6,16H,1-3H3. The zero-order valence-electron chi connectivity index (χ0n) is 12.5. The minimum atomic E-state index is -1.33. The summed E-state index contributed by atoms with van der Waals surface area (Å²) in [5.41, 5.74) is -0.0727. The molecule has 23 heavy (non-hydrogen) atoms. The molecule has 0 aromatic carbocycles. The van der Waals surface area contributed by atoms with Gasteiger partial charge in [0.05, 0.1) is 24.6 Å². The van der Waals surface area contributed by atoms with Crippen LogP contribution >= 0.6 is 11.6 Å². The summed E-state index contributed by atoms with van der Waals surface area (Å²) in [6, 6.07) is 1.29. The van der Waals surface area contributed by atoms with Crippen molar-refractivity contribution in [2.45, 2.75) is 19.6 Å². The van der Waals surface area contributed by atoms with Crippen LogP contribution in [0.15, 0.2) is 24.0 Å². The second-order valence-electron chi connectivity index (χ2n) is 4.93. The maximum absolute atomic E-state index is 11.8. The van der Waals surface area contributed by atoms with Crippen LogP contribution in [-0.2, 0) is 23.8 Å². The first-order chi connectivity index (χ1) is 10.7. The molecule has 122 valence electrons. The molecule has 2 heterocycles. The Morgan fingerprint density at radius 2 is 1.96 bits per heavy atom. The number of aromatic nitrogens is 1. The van der Waals surface area contributed by atoms with E-state index >= 15 is 0 Å². The maximum atomic E-state index is 11.8. The van der Waals surface area contributed by atoms with Crippen LogP contribution in [0.4, 0.5) is 5.69 Å². The normalized spacial score (nSPS) is 16.3. The Labute approximate surface area is 136 Å². The number of carbonyl (C=O) groups excluding carboxylic acids is 3. The Morgan fingerprint density at radius 3 is 2.52 bits per heavy atom. The molecule has 2 rings (SSSR count). The van der Waals surface area contributed by atoms with Crippen molar-refractivity contribution < 1.29 is 28.6 Å². The second-order valence-corrected chi connectivity index (χ2v) is 5.31. The van der Waals surface area contributed by atoms with Crippen molar-refractivity contribution >= 4 is 35.2 Å². The average Bonchev–Trinajstić information content (AvgIpc) is 2.45.